The number of benzene rings is 1. The molecule has 0 atom stereocenters. The minimum atomic E-state index is 0. The predicted octanol–water partition coefficient (Wildman–Crippen LogP) is 2.95. The fourth-order valence-corrected chi connectivity index (χ4v) is 2.26. The van der Waals surface area contributed by atoms with Crippen LogP contribution in [0.3, 0.4) is 0 Å². The first-order valence-corrected chi connectivity index (χ1v) is 7.44. The first-order chi connectivity index (χ1) is 9.78. The Morgan fingerprint density at radius 1 is 1.33 bits per heavy atom. The SMILES string of the molecule is COc1ccc(CCCNC(N)=NCC2CCC2)cc1.I. The molecule has 0 aromatic heterocycles. The predicted molar refractivity (Wildman–Crippen MR) is 98.6 cm³/mol. The summed E-state index contributed by atoms with van der Waals surface area (Å²) >= 11 is 0. The minimum Gasteiger partial charge on any atom is -0.497 e. The van der Waals surface area contributed by atoms with E-state index in [4.69, 9.17) is 10.5 Å². The first-order valence-electron chi connectivity index (χ1n) is 7.44. The lowest BCUT2D eigenvalue weighted by Crippen LogP contribution is -2.33. The van der Waals surface area contributed by atoms with Crippen molar-refractivity contribution in [2.24, 2.45) is 16.6 Å². The van der Waals surface area contributed by atoms with Gasteiger partial charge in [0.15, 0.2) is 5.96 Å². The Morgan fingerprint density at radius 2 is 2.05 bits per heavy atom. The Labute approximate surface area is 144 Å². The van der Waals surface area contributed by atoms with Gasteiger partial charge in [-0.1, -0.05) is 18.6 Å². The van der Waals surface area contributed by atoms with Crippen molar-refractivity contribution in [2.75, 3.05) is 20.2 Å². The largest absolute Gasteiger partial charge is 0.497 e. The zero-order valence-corrected chi connectivity index (χ0v) is 15.0. The summed E-state index contributed by atoms with van der Waals surface area (Å²) in [4.78, 5) is 4.38. The summed E-state index contributed by atoms with van der Waals surface area (Å²) in [6, 6.07) is 8.20. The van der Waals surface area contributed by atoms with E-state index in [2.05, 4.69) is 22.4 Å². The Kier molecular flexibility index (Phi) is 8.49. The Bertz CT molecular complexity index is 430. The highest BCUT2D eigenvalue weighted by atomic mass is 127. The average Bonchev–Trinajstić information content (AvgIpc) is 2.42. The van der Waals surface area contributed by atoms with E-state index in [1.807, 2.05) is 12.1 Å². The van der Waals surface area contributed by atoms with Gasteiger partial charge in [-0.05, 0) is 49.3 Å². The number of aliphatic imine (C=N–C) groups is 1. The topological polar surface area (TPSA) is 59.6 Å². The summed E-state index contributed by atoms with van der Waals surface area (Å²) < 4.78 is 5.14. The second-order valence-electron chi connectivity index (χ2n) is 5.40. The van der Waals surface area contributed by atoms with Gasteiger partial charge in [-0.15, -0.1) is 24.0 Å². The lowest BCUT2D eigenvalue weighted by Gasteiger charge is -2.23. The summed E-state index contributed by atoms with van der Waals surface area (Å²) in [6.07, 6.45) is 6.07. The van der Waals surface area contributed by atoms with Gasteiger partial charge in [-0.2, -0.15) is 0 Å². The van der Waals surface area contributed by atoms with E-state index < -0.39 is 0 Å². The van der Waals surface area contributed by atoms with Gasteiger partial charge in [0.1, 0.15) is 5.75 Å². The summed E-state index contributed by atoms with van der Waals surface area (Å²) in [5.74, 6) is 2.26. The highest BCUT2D eigenvalue weighted by molar-refractivity contribution is 14.0. The van der Waals surface area contributed by atoms with Crippen molar-refractivity contribution in [1.29, 1.82) is 0 Å². The molecule has 1 aromatic carbocycles. The van der Waals surface area contributed by atoms with Crippen molar-refractivity contribution in [3.8, 4) is 5.75 Å². The van der Waals surface area contributed by atoms with Crippen molar-refractivity contribution >= 4 is 29.9 Å². The highest BCUT2D eigenvalue weighted by Gasteiger charge is 2.16. The number of ether oxygens (including phenoxy) is 1. The van der Waals surface area contributed by atoms with Crippen LogP contribution in [0.15, 0.2) is 29.3 Å². The van der Waals surface area contributed by atoms with Gasteiger partial charge in [0.05, 0.1) is 7.11 Å². The molecule has 1 fully saturated rings. The van der Waals surface area contributed by atoms with Gasteiger partial charge in [0, 0.05) is 13.1 Å². The smallest absolute Gasteiger partial charge is 0.188 e. The minimum absolute atomic E-state index is 0. The van der Waals surface area contributed by atoms with E-state index in [-0.39, 0.29) is 24.0 Å². The molecule has 5 heteroatoms. The number of hydrogen-bond acceptors (Lipinski definition) is 2. The molecule has 0 radical (unpaired) electrons. The van der Waals surface area contributed by atoms with Crippen LogP contribution in [0, 0.1) is 5.92 Å². The number of nitrogens with two attached hydrogens (primary N) is 1. The maximum atomic E-state index is 5.84. The number of aryl methyl sites for hydroxylation is 1. The second-order valence-corrected chi connectivity index (χ2v) is 5.40. The molecule has 0 saturated heterocycles. The van der Waals surface area contributed by atoms with Crippen LogP contribution in [0.1, 0.15) is 31.2 Å². The lowest BCUT2D eigenvalue weighted by atomic mass is 9.86. The van der Waals surface area contributed by atoms with Crippen molar-refractivity contribution in [3.63, 3.8) is 0 Å². The van der Waals surface area contributed by atoms with Crippen LogP contribution in [0.2, 0.25) is 0 Å². The van der Waals surface area contributed by atoms with Gasteiger partial charge in [0.2, 0.25) is 0 Å². The van der Waals surface area contributed by atoms with Crippen LogP contribution >= 0.6 is 24.0 Å². The molecule has 2 rings (SSSR count). The second kappa shape index (κ2) is 9.87. The molecule has 4 nitrogen and oxygen atoms in total. The van der Waals surface area contributed by atoms with Gasteiger partial charge in [0.25, 0.3) is 0 Å². The van der Waals surface area contributed by atoms with E-state index >= 15 is 0 Å². The molecule has 1 aromatic rings. The van der Waals surface area contributed by atoms with E-state index in [1.165, 1.54) is 24.8 Å². The number of methoxy groups -OCH3 is 1. The molecule has 1 aliphatic carbocycles. The maximum absolute atomic E-state index is 5.84. The number of nitrogens with zero attached hydrogens (tertiary/aromatic N) is 1. The normalized spacial score (nSPS) is 15.0. The molecule has 1 aliphatic rings. The van der Waals surface area contributed by atoms with Gasteiger partial charge in [-0.25, -0.2) is 0 Å². The van der Waals surface area contributed by atoms with Crippen LogP contribution in [0.25, 0.3) is 0 Å². The highest BCUT2D eigenvalue weighted by Crippen LogP contribution is 2.26. The average molecular weight is 403 g/mol. The quantitative estimate of drug-likeness (QED) is 0.319. The Balaban J connectivity index is 0.00000220. The van der Waals surface area contributed by atoms with E-state index in [1.54, 1.807) is 7.11 Å². The fraction of sp³-hybridized carbons (Fsp3) is 0.562. The van der Waals surface area contributed by atoms with Crippen LogP contribution in [-0.2, 0) is 6.42 Å². The Morgan fingerprint density at radius 3 is 2.62 bits per heavy atom. The van der Waals surface area contributed by atoms with Gasteiger partial charge in [-0.3, -0.25) is 4.99 Å². The number of rotatable bonds is 7. The summed E-state index contributed by atoms with van der Waals surface area (Å²) in [5.41, 5.74) is 7.16. The molecular formula is C16H26IN3O. The maximum Gasteiger partial charge on any atom is 0.188 e. The summed E-state index contributed by atoms with van der Waals surface area (Å²) in [7, 11) is 1.69. The fourth-order valence-electron chi connectivity index (χ4n) is 2.26. The van der Waals surface area contributed by atoms with Crippen LogP contribution in [0.4, 0.5) is 0 Å². The summed E-state index contributed by atoms with van der Waals surface area (Å²) in [5, 5.41) is 3.18. The van der Waals surface area contributed by atoms with Crippen molar-refractivity contribution < 1.29 is 4.74 Å². The van der Waals surface area contributed by atoms with Crippen molar-refractivity contribution in [2.45, 2.75) is 32.1 Å². The van der Waals surface area contributed by atoms with E-state index in [9.17, 15) is 0 Å². The molecule has 0 amide bonds. The molecule has 0 bridgehead atoms. The van der Waals surface area contributed by atoms with Crippen molar-refractivity contribution in [1.82, 2.24) is 5.32 Å². The standard InChI is InChI=1S/C16H25N3O.HI/c1-20-15-9-7-13(8-10-15)6-3-11-18-16(17)19-12-14-4-2-5-14;/h7-10,14H,2-6,11-12H2,1H3,(H3,17,18,19);1H. The molecule has 0 spiro atoms. The molecule has 0 heterocycles. The van der Waals surface area contributed by atoms with E-state index in [0.29, 0.717) is 5.96 Å². The van der Waals surface area contributed by atoms with Crippen LogP contribution in [-0.4, -0.2) is 26.2 Å². The molecule has 0 unspecified atom stereocenters. The number of nitrogens with one attached hydrogen (secondary N) is 1. The Hall–Kier alpha value is -0.980. The number of hydrogen-bond donors (Lipinski definition) is 2. The number of halogens is 1. The molecule has 21 heavy (non-hydrogen) atoms. The monoisotopic (exact) mass is 403 g/mol. The zero-order valence-electron chi connectivity index (χ0n) is 12.7. The number of guanidine groups is 1. The van der Waals surface area contributed by atoms with Crippen LogP contribution in [0.5, 0.6) is 5.75 Å². The third-order valence-corrected chi connectivity index (χ3v) is 3.85. The van der Waals surface area contributed by atoms with Gasteiger partial charge >= 0.3 is 0 Å². The molecule has 118 valence electrons. The third kappa shape index (κ3) is 6.54. The molecule has 3 N–H and O–H groups in total. The summed E-state index contributed by atoms with van der Waals surface area (Å²) in [6.45, 7) is 1.75. The van der Waals surface area contributed by atoms with Crippen molar-refractivity contribution in [3.05, 3.63) is 29.8 Å². The first kappa shape index (κ1) is 18.1. The lowest BCUT2D eigenvalue weighted by molar-refractivity contribution is 0.326. The molecular weight excluding hydrogens is 377 g/mol. The molecule has 0 aliphatic heterocycles. The third-order valence-electron chi connectivity index (χ3n) is 3.85. The van der Waals surface area contributed by atoms with Crippen LogP contribution < -0.4 is 15.8 Å². The van der Waals surface area contributed by atoms with E-state index in [0.717, 1.165) is 37.6 Å². The molecule has 1 saturated carbocycles. The zero-order chi connectivity index (χ0) is 14.2. The van der Waals surface area contributed by atoms with Gasteiger partial charge < -0.3 is 15.8 Å².